The van der Waals surface area contributed by atoms with E-state index in [1.54, 1.807) is 6.20 Å². The second kappa shape index (κ2) is 7.50. The molecule has 6 heteroatoms. The van der Waals surface area contributed by atoms with Gasteiger partial charge in [0.05, 0.1) is 24.4 Å². The SMILES string of the molecule is Cc1ccccc1-n1cccc1C1C(c2ccccn2)NC(=S)N1CCO. The first kappa shape index (κ1) is 17.7. The van der Waals surface area contributed by atoms with Crippen LogP contribution in [0.3, 0.4) is 0 Å². The summed E-state index contributed by atoms with van der Waals surface area (Å²) in [6.45, 7) is 2.62. The topological polar surface area (TPSA) is 53.3 Å². The van der Waals surface area contributed by atoms with Crippen LogP contribution in [-0.4, -0.2) is 37.8 Å². The van der Waals surface area contributed by atoms with Crippen LogP contribution >= 0.6 is 12.2 Å². The number of benzene rings is 1. The number of hydrogen-bond acceptors (Lipinski definition) is 3. The quantitative estimate of drug-likeness (QED) is 0.668. The summed E-state index contributed by atoms with van der Waals surface area (Å²) in [5, 5.41) is 13.6. The monoisotopic (exact) mass is 378 g/mol. The highest BCUT2D eigenvalue weighted by Crippen LogP contribution is 2.39. The number of nitrogens with zero attached hydrogens (tertiary/aromatic N) is 3. The first-order chi connectivity index (χ1) is 13.2. The second-order valence-corrected chi connectivity index (χ2v) is 7.02. The number of aliphatic hydroxyl groups excluding tert-OH is 1. The molecule has 1 aromatic carbocycles. The maximum Gasteiger partial charge on any atom is 0.170 e. The van der Waals surface area contributed by atoms with Crippen molar-refractivity contribution >= 4 is 17.3 Å². The van der Waals surface area contributed by atoms with Gasteiger partial charge >= 0.3 is 0 Å². The van der Waals surface area contributed by atoms with Gasteiger partial charge in [-0.25, -0.2) is 0 Å². The maximum absolute atomic E-state index is 9.60. The van der Waals surface area contributed by atoms with Crippen molar-refractivity contribution in [1.82, 2.24) is 19.8 Å². The van der Waals surface area contributed by atoms with Gasteiger partial charge in [-0.1, -0.05) is 24.3 Å². The van der Waals surface area contributed by atoms with Crippen molar-refractivity contribution in [3.63, 3.8) is 0 Å². The summed E-state index contributed by atoms with van der Waals surface area (Å²) in [5.74, 6) is 0. The molecular formula is C21H22N4OS. The van der Waals surface area contributed by atoms with Crippen LogP contribution in [0.5, 0.6) is 0 Å². The van der Waals surface area contributed by atoms with E-state index in [0.717, 1.165) is 17.1 Å². The molecule has 5 nitrogen and oxygen atoms in total. The molecule has 2 unspecified atom stereocenters. The molecule has 2 N–H and O–H groups in total. The molecule has 0 aliphatic carbocycles. The molecule has 4 rings (SSSR count). The molecule has 0 amide bonds. The molecule has 1 aliphatic rings. The van der Waals surface area contributed by atoms with Crippen LogP contribution < -0.4 is 5.32 Å². The summed E-state index contributed by atoms with van der Waals surface area (Å²) in [6.07, 6.45) is 3.87. The zero-order valence-electron chi connectivity index (χ0n) is 15.1. The molecule has 2 aromatic heterocycles. The summed E-state index contributed by atoms with van der Waals surface area (Å²) in [4.78, 5) is 6.60. The van der Waals surface area contributed by atoms with Crippen LogP contribution in [0.1, 0.15) is 29.0 Å². The predicted octanol–water partition coefficient (Wildman–Crippen LogP) is 3.15. The Balaban J connectivity index is 1.83. The Morgan fingerprint density at radius 3 is 2.67 bits per heavy atom. The van der Waals surface area contributed by atoms with E-state index < -0.39 is 0 Å². The fourth-order valence-corrected chi connectivity index (χ4v) is 4.10. The maximum atomic E-state index is 9.60. The second-order valence-electron chi connectivity index (χ2n) is 6.63. The molecule has 1 aliphatic heterocycles. The number of thiocarbonyl (C=S) groups is 1. The number of aryl methyl sites for hydroxylation is 1. The lowest BCUT2D eigenvalue weighted by atomic mass is 10.0. The average Bonchev–Trinajstić information content (AvgIpc) is 3.28. The summed E-state index contributed by atoms with van der Waals surface area (Å²) >= 11 is 5.59. The normalized spacial score (nSPS) is 19.3. The molecular weight excluding hydrogens is 356 g/mol. The predicted molar refractivity (Wildman–Crippen MR) is 110 cm³/mol. The van der Waals surface area contributed by atoms with Crippen molar-refractivity contribution in [3.8, 4) is 5.69 Å². The molecule has 0 radical (unpaired) electrons. The fourth-order valence-electron chi connectivity index (χ4n) is 3.76. The number of nitrogens with one attached hydrogen (secondary N) is 1. The highest BCUT2D eigenvalue weighted by Gasteiger charge is 2.40. The standard InChI is InChI=1S/C21H22N4OS/c1-15-7-2-3-9-17(15)24-12-6-10-18(24)20-19(16-8-4-5-11-22-16)23-21(27)25(20)13-14-26/h2-12,19-20,26H,13-14H2,1H3,(H,23,27). The van der Waals surface area contributed by atoms with Gasteiger partial charge in [0.2, 0.25) is 0 Å². The van der Waals surface area contributed by atoms with Crippen molar-refractivity contribution in [2.75, 3.05) is 13.2 Å². The molecule has 138 valence electrons. The third-order valence-corrected chi connectivity index (χ3v) is 5.35. The smallest absolute Gasteiger partial charge is 0.170 e. The molecule has 0 bridgehead atoms. The molecule has 2 atom stereocenters. The molecule has 3 aromatic rings. The van der Waals surface area contributed by atoms with Crippen LogP contribution in [-0.2, 0) is 0 Å². The minimum atomic E-state index is -0.0806. The van der Waals surface area contributed by atoms with Gasteiger partial charge in [0.15, 0.2) is 5.11 Å². The number of para-hydroxylation sites is 1. The lowest BCUT2D eigenvalue weighted by Crippen LogP contribution is -2.33. The van der Waals surface area contributed by atoms with E-state index in [9.17, 15) is 5.11 Å². The Morgan fingerprint density at radius 2 is 1.93 bits per heavy atom. The Labute approximate surface area is 164 Å². The first-order valence-electron chi connectivity index (χ1n) is 9.03. The first-order valence-corrected chi connectivity index (χ1v) is 9.43. The molecule has 3 heterocycles. The minimum absolute atomic E-state index is 0.0400. The van der Waals surface area contributed by atoms with Gasteiger partial charge in [0.25, 0.3) is 0 Å². The molecule has 1 fully saturated rings. The molecule has 0 spiro atoms. The summed E-state index contributed by atoms with van der Waals surface area (Å²) < 4.78 is 2.20. The van der Waals surface area contributed by atoms with E-state index >= 15 is 0 Å². The van der Waals surface area contributed by atoms with Crippen molar-refractivity contribution in [1.29, 1.82) is 0 Å². The van der Waals surface area contributed by atoms with Gasteiger partial charge in [0.1, 0.15) is 0 Å². The lowest BCUT2D eigenvalue weighted by Gasteiger charge is -2.28. The zero-order valence-corrected chi connectivity index (χ0v) is 15.9. The Bertz CT molecular complexity index is 940. The summed E-state index contributed by atoms with van der Waals surface area (Å²) in [7, 11) is 0. The highest BCUT2D eigenvalue weighted by atomic mass is 32.1. The van der Waals surface area contributed by atoms with E-state index in [1.165, 1.54) is 5.56 Å². The Kier molecular flexibility index (Phi) is 4.92. The molecule has 1 saturated heterocycles. The van der Waals surface area contributed by atoms with Gasteiger partial charge in [-0.2, -0.15) is 0 Å². The van der Waals surface area contributed by atoms with Crippen LogP contribution in [0.15, 0.2) is 67.0 Å². The van der Waals surface area contributed by atoms with Crippen molar-refractivity contribution in [3.05, 3.63) is 83.9 Å². The average molecular weight is 379 g/mol. The number of pyridine rings is 1. The Morgan fingerprint density at radius 1 is 1.11 bits per heavy atom. The van der Waals surface area contributed by atoms with E-state index in [2.05, 4.69) is 57.2 Å². The van der Waals surface area contributed by atoms with Crippen molar-refractivity contribution in [2.24, 2.45) is 0 Å². The van der Waals surface area contributed by atoms with E-state index in [-0.39, 0.29) is 18.7 Å². The van der Waals surface area contributed by atoms with Crippen LogP contribution in [0.25, 0.3) is 5.69 Å². The minimum Gasteiger partial charge on any atom is -0.395 e. The van der Waals surface area contributed by atoms with Gasteiger partial charge in [0, 0.05) is 30.3 Å². The van der Waals surface area contributed by atoms with E-state index in [4.69, 9.17) is 12.2 Å². The molecule has 0 saturated carbocycles. The molecule has 27 heavy (non-hydrogen) atoms. The Hall–Kier alpha value is -2.70. The number of hydrogen-bond donors (Lipinski definition) is 2. The largest absolute Gasteiger partial charge is 0.395 e. The number of aromatic nitrogens is 2. The van der Waals surface area contributed by atoms with Crippen molar-refractivity contribution in [2.45, 2.75) is 19.0 Å². The van der Waals surface area contributed by atoms with Crippen LogP contribution in [0, 0.1) is 6.92 Å². The third-order valence-electron chi connectivity index (χ3n) is 5.00. The zero-order chi connectivity index (χ0) is 18.8. The summed E-state index contributed by atoms with van der Waals surface area (Å²) in [5.41, 5.74) is 4.38. The number of rotatable bonds is 5. The highest BCUT2D eigenvalue weighted by molar-refractivity contribution is 7.80. The van der Waals surface area contributed by atoms with Gasteiger partial charge in [-0.05, 0) is 55.0 Å². The van der Waals surface area contributed by atoms with Gasteiger partial charge < -0.3 is 19.9 Å². The lowest BCUT2D eigenvalue weighted by molar-refractivity contribution is 0.220. The van der Waals surface area contributed by atoms with Crippen molar-refractivity contribution < 1.29 is 5.11 Å². The number of β-amino-alcohol motifs (C(OH)–C–C–N with tert-alkyl or cyclic N) is 1. The van der Waals surface area contributed by atoms with Gasteiger partial charge in [-0.3, -0.25) is 4.98 Å². The fraction of sp³-hybridized carbons (Fsp3) is 0.238. The summed E-state index contributed by atoms with van der Waals surface area (Å²) in [6, 6.07) is 18.3. The van der Waals surface area contributed by atoms with E-state index in [0.29, 0.717) is 11.7 Å². The van der Waals surface area contributed by atoms with Crippen LogP contribution in [0.4, 0.5) is 0 Å². The number of aliphatic hydroxyl groups is 1. The van der Waals surface area contributed by atoms with Gasteiger partial charge in [-0.15, -0.1) is 0 Å². The van der Waals surface area contributed by atoms with Crippen LogP contribution in [0.2, 0.25) is 0 Å². The third kappa shape index (κ3) is 3.22. The van der Waals surface area contributed by atoms with E-state index in [1.807, 2.05) is 30.3 Å².